The van der Waals surface area contributed by atoms with E-state index >= 15 is 0 Å². The number of alkyl halides is 1. The molecule has 0 N–H and O–H groups in total. The van der Waals surface area contributed by atoms with Gasteiger partial charge in [0.25, 0.3) is 0 Å². The molecular weight excluding hydrogens is 238 g/mol. The van der Waals surface area contributed by atoms with Crippen molar-refractivity contribution in [2.24, 2.45) is 11.8 Å². The molecule has 0 saturated heterocycles. The lowest BCUT2D eigenvalue weighted by Gasteiger charge is -2.17. The van der Waals surface area contributed by atoms with Gasteiger partial charge in [-0.3, -0.25) is 4.98 Å². The van der Waals surface area contributed by atoms with Gasteiger partial charge >= 0.3 is 0 Å². The zero-order valence-electron chi connectivity index (χ0n) is 8.65. The fraction of sp³-hybridized carbons (Fsp3) is 0.583. The maximum Gasteiger partial charge on any atom is 0.0442 e. The van der Waals surface area contributed by atoms with E-state index in [-0.39, 0.29) is 0 Å². The van der Waals surface area contributed by atoms with Crippen molar-refractivity contribution < 1.29 is 0 Å². The Morgan fingerprint density at radius 3 is 2.71 bits per heavy atom. The van der Waals surface area contributed by atoms with Crippen LogP contribution in [0, 0.1) is 11.8 Å². The Hall–Kier alpha value is -0.370. The predicted octanol–water partition coefficient (Wildman–Crippen LogP) is 3.60. The molecule has 1 aromatic heterocycles. The average Bonchev–Trinajstić information content (AvgIpc) is 2.95. The Morgan fingerprint density at radius 1 is 1.50 bits per heavy atom. The highest BCUT2D eigenvalue weighted by atomic mass is 79.9. The van der Waals surface area contributed by atoms with Crippen LogP contribution in [0.15, 0.2) is 24.4 Å². The highest BCUT2D eigenvalue weighted by Crippen LogP contribution is 2.47. The molecule has 0 aromatic carbocycles. The molecule has 1 nitrogen and oxygen atoms in total. The van der Waals surface area contributed by atoms with Crippen molar-refractivity contribution in [3.8, 4) is 0 Å². The molecule has 0 amide bonds. The van der Waals surface area contributed by atoms with Crippen LogP contribution in [-0.2, 0) is 0 Å². The van der Waals surface area contributed by atoms with Crippen molar-refractivity contribution >= 4 is 15.9 Å². The third kappa shape index (κ3) is 2.00. The van der Waals surface area contributed by atoms with Gasteiger partial charge in [-0.25, -0.2) is 0 Å². The number of nitrogens with zero attached hydrogens (tertiary/aromatic N) is 1. The van der Waals surface area contributed by atoms with E-state index < -0.39 is 0 Å². The van der Waals surface area contributed by atoms with Crippen molar-refractivity contribution in [3.63, 3.8) is 0 Å². The van der Waals surface area contributed by atoms with Gasteiger partial charge in [0.05, 0.1) is 0 Å². The zero-order chi connectivity index (χ0) is 10.1. The molecule has 1 aliphatic carbocycles. The van der Waals surface area contributed by atoms with Crippen molar-refractivity contribution in [2.45, 2.75) is 31.0 Å². The van der Waals surface area contributed by atoms with Crippen LogP contribution >= 0.6 is 15.9 Å². The van der Waals surface area contributed by atoms with E-state index in [0.717, 1.165) is 11.8 Å². The van der Waals surface area contributed by atoms with Gasteiger partial charge in [-0.1, -0.05) is 35.8 Å². The van der Waals surface area contributed by atoms with Crippen molar-refractivity contribution in [1.29, 1.82) is 0 Å². The summed E-state index contributed by atoms with van der Waals surface area (Å²) in [5.41, 5.74) is 1.20. The van der Waals surface area contributed by atoms with E-state index in [1.807, 2.05) is 12.3 Å². The minimum Gasteiger partial charge on any atom is -0.261 e. The van der Waals surface area contributed by atoms with Gasteiger partial charge in [0, 0.05) is 22.6 Å². The topological polar surface area (TPSA) is 12.9 Å². The van der Waals surface area contributed by atoms with Gasteiger partial charge in [-0.05, 0) is 30.4 Å². The Balaban J connectivity index is 2.05. The Kier molecular flexibility index (Phi) is 2.91. The van der Waals surface area contributed by atoms with Gasteiger partial charge in [0.1, 0.15) is 0 Å². The largest absolute Gasteiger partial charge is 0.261 e. The summed E-state index contributed by atoms with van der Waals surface area (Å²) in [5.74, 6) is 2.27. The molecule has 4 unspecified atom stereocenters. The van der Waals surface area contributed by atoms with E-state index in [2.05, 4.69) is 46.9 Å². The van der Waals surface area contributed by atoms with E-state index in [1.54, 1.807) is 0 Å². The lowest BCUT2D eigenvalue weighted by atomic mass is 9.99. The molecule has 14 heavy (non-hydrogen) atoms. The summed E-state index contributed by atoms with van der Waals surface area (Å²) in [6, 6.07) is 6.15. The third-order valence-electron chi connectivity index (χ3n) is 3.21. The van der Waals surface area contributed by atoms with Crippen LogP contribution in [0.5, 0.6) is 0 Å². The molecule has 0 aliphatic heterocycles. The highest BCUT2D eigenvalue weighted by Gasteiger charge is 2.40. The van der Waals surface area contributed by atoms with E-state index in [1.165, 1.54) is 12.1 Å². The minimum absolute atomic E-state index is 0.520. The number of aromatic nitrogens is 1. The van der Waals surface area contributed by atoms with Crippen LogP contribution in [0.25, 0.3) is 0 Å². The minimum atomic E-state index is 0.520. The summed E-state index contributed by atoms with van der Waals surface area (Å²) in [7, 11) is 0. The quantitative estimate of drug-likeness (QED) is 0.751. The molecule has 1 aromatic rings. The lowest BCUT2D eigenvalue weighted by molar-refractivity contribution is 0.605. The molecule has 1 saturated carbocycles. The van der Waals surface area contributed by atoms with Gasteiger partial charge in [0.15, 0.2) is 0 Å². The first-order valence-corrected chi connectivity index (χ1v) is 6.16. The van der Waals surface area contributed by atoms with Gasteiger partial charge in [0.2, 0.25) is 0 Å². The Labute approximate surface area is 94.1 Å². The maximum absolute atomic E-state index is 4.40. The summed E-state index contributed by atoms with van der Waals surface area (Å²) in [4.78, 5) is 5.00. The lowest BCUT2D eigenvalue weighted by Crippen LogP contribution is -2.13. The van der Waals surface area contributed by atoms with Gasteiger partial charge < -0.3 is 0 Å². The molecular formula is C12H16BrN. The molecule has 2 rings (SSSR count). The number of rotatable bonds is 3. The molecule has 2 heteroatoms. The SMILES string of the molecule is CC1CC1C(Br)C(C)c1ccccn1. The maximum atomic E-state index is 4.40. The van der Waals surface area contributed by atoms with Gasteiger partial charge in [-0.2, -0.15) is 0 Å². The number of hydrogen-bond acceptors (Lipinski definition) is 1. The second kappa shape index (κ2) is 4.01. The molecule has 76 valence electrons. The summed E-state index contributed by atoms with van der Waals surface area (Å²) >= 11 is 3.81. The number of pyridine rings is 1. The molecule has 0 spiro atoms. The first-order valence-electron chi connectivity index (χ1n) is 5.25. The van der Waals surface area contributed by atoms with Crippen LogP contribution in [0.2, 0.25) is 0 Å². The summed E-state index contributed by atoms with van der Waals surface area (Å²) in [6.45, 7) is 4.58. The van der Waals surface area contributed by atoms with E-state index in [0.29, 0.717) is 10.7 Å². The molecule has 1 fully saturated rings. The van der Waals surface area contributed by atoms with Crippen molar-refractivity contribution in [2.75, 3.05) is 0 Å². The van der Waals surface area contributed by atoms with Crippen LogP contribution < -0.4 is 0 Å². The smallest absolute Gasteiger partial charge is 0.0442 e. The predicted molar refractivity (Wildman–Crippen MR) is 62.6 cm³/mol. The normalized spacial score (nSPS) is 29.6. The standard InChI is InChI=1S/C12H16BrN/c1-8-7-10(8)12(13)9(2)11-5-3-4-6-14-11/h3-6,8-10,12H,7H2,1-2H3. The first kappa shape index (κ1) is 10.2. The molecule has 1 aliphatic rings. The summed E-state index contributed by atoms with van der Waals surface area (Å²) in [6.07, 6.45) is 3.25. The second-order valence-electron chi connectivity index (χ2n) is 4.36. The van der Waals surface area contributed by atoms with Crippen LogP contribution in [0.1, 0.15) is 31.9 Å². The van der Waals surface area contributed by atoms with Crippen LogP contribution in [-0.4, -0.2) is 9.81 Å². The molecule has 0 bridgehead atoms. The van der Waals surface area contributed by atoms with E-state index in [9.17, 15) is 0 Å². The van der Waals surface area contributed by atoms with Crippen molar-refractivity contribution in [3.05, 3.63) is 30.1 Å². The number of halogens is 1. The average molecular weight is 254 g/mol. The molecule has 1 heterocycles. The fourth-order valence-electron chi connectivity index (χ4n) is 1.97. The third-order valence-corrected chi connectivity index (χ3v) is 4.68. The number of hydrogen-bond donors (Lipinski definition) is 0. The Morgan fingerprint density at radius 2 is 2.21 bits per heavy atom. The summed E-state index contributed by atoms with van der Waals surface area (Å²) < 4.78 is 0. The van der Waals surface area contributed by atoms with Crippen LogP contribution in [0.3, 0.4) is 0 Å². The molecule has 0 radical (unpaired) electrons. The first-order chi connectivity index (χ1) is 6.70. The zero-order valence-corrected chi connectivity index (χ0v) is 10.2. The Bertz CT molecular complexity index is 298. The van der Waals surface area contributed by atoms with E-state index in [4.69, 9.17) is 0 Å². The monoisotopic (exact) mass is 253 g/mol. The fourth-order valence-corrected chi connectivity index (χ4v) is 2.98. The summed E-state index contributed by atoms with van der Waals surface area (Å²) in [5, 5.41) is 0. The molecule has 4 atom stereocenters. The van der Waals surface area contributed by atoms with Crippen LogP contribution in [0.4, 0.5) is 0 Å². The van der Waals surface area contributed by atoms with Crippen molar-refractivity contribution in [1.82, 2.24) is 4.98 Å². The second-order valence-corrected chi connectivity index (χ2v) is 5.42. The highest BCUT2D eigenvalue weighted by molar-refractivity contribution is 9.09. The van der Waals surface area contributed by atoms with Gasteiger partial charge in [-0.15, -0.1) is 0 Å².